The fraction of sp³-hybridized carbons (Fsp3) is 0.192. The lowest BCUT2D eigenvalue weighted by Crippen LogP contribution is -2.39. The number of ether oxygens (including phenoxy) is 2. The minimum absolute atomic E-state index is 0.0272. The van der Waals surface area contributed by atoms with E-state index in [2.05, 4.69) is 9.99 Å². The number of carbonyl (C=O) groups excluding carboxylic acids is 2. The molecule has 0 radical (unpaired) electrons. The van der Waals surface area contributed by atoms with Gasteiger partial charge in [0.05, 0.1) is 26.2 Å². The summed E-state index contributed by atoms with van der Waals surface area (Å²) < 4.78 is 42.9. The molecule has 0 amide bonds. The third kappa shape index (κ3) is 8.67. The van der Waals surface area contributed by atoms with Crippen molar-refractivity contribution in [3.63, 3.8) is 0 Å². The summed E-state index contributed by atoms with van der Waals surface area (Å²) in [5.74, 6) is -1.53. The second-order valence-electron chi connectivity index (χ2n) is 7.77. The van der Waals surface area contributed by atoms with Gasteiger partial charge in [0.2, 0.25) is 0 Å². The van der Waals surface area contributed by atoms with E-state index in [0.29, 0.717) is 0 Å². The second-order valence-corrected chi connectivity index (χ2v) is 10.5. The molecule has 3 aromatic rings. The summed E-state index contributed by atoms with van der Waals surface area (Å²) in [7, 11) is -3.35. The molecule has 0 fully saturated rings. The zero-order valence-corrected chi connectivity index (χ0v) is 23.4. The highest BCUT2D eigenvalue weighted by Gasteiger charge is 2.34. The predicted molar refractivity (Wildman–Crippen MR) is 146 cm³/mol. The van der Waals surface area contributed by atoms with Crippen LogP contribution in [-0.4, -0.2) is 52.5 Å². The van der Waals surface area contributed by atoms with Gasteiger partial charge in [0.1, 0.15) is 30.8 Å². The van der Waals surface area contributed by atoms with E-state index in [0.717, 1.165) is 12.1 Å². The molecule has 0 aliphatic carbocycles. The van der Waals surface area contributed by atoms with Crippen molar-refractivity contribution in [1.29, 1.82) is 0 Å². The average molecular weight is 615 g/mol. The van der Waals surface area contributed by atoms with Gasteiger partial charge in [-0.05, 0) is 36.4 Å². The Labute approximate surface area is 240 Å². The number of hydrogen-bond acceptors (Lipinski definition) is 9. The maximum Gasteiger partial charge on any atom is 0.338 e. The molecule has 0 heterocycles. The number of halogens is 3. The van der Waals surface area contributed by atoms with E-state index >= 15 is 0 Å². The van der Waals surface area contributed by atoms with Gasteiger partial charge in [0, 0.05) is 12.6 Å². The molecule has 0 N–H and O–H groups in total. The molecular weight excluding hydrogens is 593 g/mol. The summed E-state index contributed by atoms with van der Waals surface area (Å²) in [5, 5.41) is 3.30. The quantitative estimate of drug-likeness (QED) is 0.0823. The Morgan fingerprint density at radius 1 is 0.846 bits per heavy atom. The van der Waals surface area contributed by atoms with Gasteiger partial charge in [-0.3, -0.25) is 4.18 Å². The third-order valence-electron chi connectivity index (χ3n) is 5.08. The number of nitrogens with zero attached hydrogens (tertiary/aromatic N) is 1. The SMILES string of the molecule is CO/N=C/CC(OC(=O)c1ccccc1)[C@@H](COC(=O)c1ccccc1)OS(=O)(=O)c1cc(Cl)c(Cl)cc1Cl. The van der Waals surface area contributed by atoms with E-state index in [1.165, 1.54) is 37.6 Å². The van der Waals surface area contributed by atoms with Gasteiger partial charge in [0.25, 0.3) is 10.1 Å². The number of hydrogen-bond donors (Lipinski definition) is 0. The minimum Gasteiger partial charge on any atom is -0.459 e. The van der Waals surface area contributed by atoms with Crippen LogP contribution in [0, 0.1) is 0 Å². The standard InChI is InChI=1S/C26H22Cl3NO8S/c1-35-30-13-12-22(37-26(32)18-10-6-3-7-11-18)23(16-36-25(31)17-8-4-2-5-9-17)38-39(33,34)24-15-20(28)19(27)14-21(24)29/h2-11,13-15,22-23H,12,16H2,1H3/b30-13+/t22?,23-/m1/s1. The van der Waals surface area contributed by atoms with E-state index in [4.69, 9.17) is 48.5 Å². The van der Waals surface area contributed by atoms with Crippen molar-refractivity contribution in [2.75, 3.05) is 13.7 Å². The summed E-state index contributed by atoms with van der Waals surface area (Å²) in [4.78, 5) is 29.7. The van der Waals surface area contributed by atoms with Crippen LogP contribution in [0.2, 0.25) is 15.1 Å². The van der Waals surface area contributed by atoms with Crippen molar-refractivity contribution in [2.45, 2.75) is 23.5 Å². The van der Waals surface area contributed by atoms with E-state index in [1.807, 2.05) is 0 Å². The van der Waals surface area contributed by atoms with E-state index in [-0.39, 0.29) is 32.6 Å². The van der Waals surface area contributed by atoms with Gasteiger partial charge in [-0.15, -0.1) is 0 Å². The Bertz CT molecular complexity index is 1420. The fourth-order valence-corrected chi connectivity index (χ4v) is 5.26. The van der Waals surface area contributed by atoms with Crippen molar-refractivity contribution < 1.29 is 36.5 Å². The molecule has 3 rings (SSSR count). The Balaban J connectivity index is 1.96. The zero-order valence-electron chi connectivity index (χ0n) is 20.3. The zero-order chi connectivity index (χ0) is 28.4. The highest BCUT2D eigenvalue weighted by atomic mass is 35.5. The first kappa shape index (κ1) is 30.4. The molecule has 2 atom stereocenters. The molecule has 206 valence electrons. The van der Waals surface area contributed by atoms with Crippen molar-refractivity contribution in [1.82, 2.24) is 0 Å². The molecule has 0 saturated carbocycles. The number of benzene rings is 3. The van der Waals surface area contributed by atoms with Gasteiger partial charge in [-0.25, -0.2) is 9.59 Å². The van der Waals surface area contributed by atoms with Crippen LogP contribution in [0.3, 0.4) is 0 Å². The Morgan fingerprint density at radius 3 is 2.00 bits per heavy atom. The van der Waals surface area contributed by atoms with Crippen molar-refractivity contribution in [2.24, 2.45) is 5.16 Å². The molecule has 0 aliphatic rings. The van der Waals surface area contributed by atoms with Crippen molar-refractivity contribution in [3.05, 3.63) is 99.0 Å². The maximum absolute atomic E-state index is 13.3. The minimum atomic E-state index is -4.65. The number of carbonyl (C=O) groups is 2. The lowest BCUT2D eigenvalue weighted by Gasteiger charge is -2.26. The average Bonchev–Trinajstić information content (AvgIpc) is 2.93. The van der Waals surface area contributed by atoms with Crippen LogP contribution >= 0.6 is 34.8 Å². The predicted octanol–water partition coefficient (Wildman–Crippen LogP) is 5.83. The fourth-order valence-electron chi connectivity index (χ4n) is 3.20. The molecule has 0 spiro atoms. The largest absolute Gasteiger partial charge is 0.459 e. The van der Waals surface area contributed by atoms with Gasteiger partial charge in [0.15, 0.2) is 0 Å². The topological polar surface area (TPSA) is 118 Å². The second kappa shape index (κ2) is 14.3. The molecule has 9 nitrogen and oxygen atoms in total. The molecule has 1 unspecified atom stereocenters. The molecule has 13 heteroatoms. The number of esters is 2. The lowest BCUT2D eigenvalue weighted by molar-refractivity contribution is -0.0290. The van der Waals surface area contributed by atoms with E-state index in [1.54, 1.807) is 36.4 Å². The molecule has 3 aromatic carbocycles. The highest BCUT2D eigenvalue weighted by molar-refractivity contribution is 7.87. The van der Waals surface area contributed by atoms with Crippen LogP contribution in [0.15, 0.2) is 82.8 Å². The van der Waals surface area contributed by atoms with Crippen molar-refractivity contribution in [3.8, 4) is 0 Å². The molecule has 0 aliphatic heterocycles. The molecular formula is C26H22Cl3NO8S. The first-order valence-corrected chi connectivity index (χ1v) is 13.8. The van der Waals surface area contributed by atoms with Crippen LogP contribution in [0.4, 0.5) is 0 Å². The Kier molecular flexibility index (Phi) is 11.1. The first-order valence-electron chi connectivity index (χ1n) is 11.2. The molecule has 0 aromatic heterocycles. The summed E-state index contributed by atoms with van der Waals surface area (Å²) in [6, 6.07) is 18.2. The highest BCUT2D eigenvalue weighted by Crippen LogP contribution is 2.33. The van der Waals surface area contributed by atoms with Gasteiger partial charge in [-0.1, -0.05) is 76.4 Å². The van der Waals surface area contributed by atoms with Crippen molar-refractivity contribution >= 4 is 63.1 Å². The summed E-state index contributed by atoms with van der Waals surface area (Å²) in [5.41, 5.74) is 0.409. The molecule has 0 saturated heterocycles. The third-order valence-corrected chi connectivity index (χ3v) is 7.61. The van der Waals surface area contributed by atoms with Crippen LogP contribution in [0.1, 0.15) is 27.1 Å². The Hall–Kier alpha value is -3.15. The summed E-state index contributed by atoms with van der Waals surface area (Å²) in [6.45, 7) is -0.626. The Morgan fingerprint density at radius 2 is 1.41 bits per heavy atom. The van der Waals surface area contributed by atoms with Crippen LogP contribution < -0.4 is 0 Å². The number of oxime groups is 1. The van der Waals surface area contributed by atoms with Gasteiger partial charge in [-0.2, -0.15) is 8.42 Å². The van der Waals surface area contributed by atoms with Crippen LogP contribution in [-0.2, 0) is 28.6 Å². The lowest BCUT2D eigenvalue weighted by atomic mass is 10.1. The maximum atomic E-state index is 13.3. The summed E-state index contributed by atoms with van der Waals surface area (Å²) in [6.07, 6.45) is -1.76. The van der Waals surface area contributed by atoms with Crippen LogP contribution in [0.25, 0.3) is 0 Å². The molecule has 0 bridgehead atoms. The molecule has 39 heavy (non-hydrogen) atoms. The number of rotatable bonds is 12. The van der Waals surface area contributed by atoms with E-state index in [9.17, 15) is 18.0 Å². The van der Waals surface area contributed by atoms with Gasteiger partial charge >= 0.3 is 11.9 Å². The first-order chi connectivity index (χ1) is 18.6. The van der Waals surface area contributed by atoms with Gasteiger partial charge < -0.3 is 14.3 Å². The monoisotopic (exact) mass is 613 g/mol. The normalized spacial score (nSPS) is 13.0. The smallest absolute Gasteiger partial charge is 0.338 e. The summed E-state index contributed by atoms with van der Waals surface area (Å²) >= 11 is 18.0. The van der Waals surface area contributed by atoms with E-state index < -0.39 is 45.8 Å². The van der Waals surface area contributed by atoms with Crippen LogP contribution in [0.5, 0.6) is 0 Å².